The fourth-order valence-electron chi connectivity index (χ4n) is 2.22. The molecule has 0 aromatic rings. The molecule has 1 N–H and O–H groups in total. The fraction of sp³-hybridized carbons (Fsp3) is 0.706. The van der Waals surface area contributed by atoms with Crippen LogP contribution in [0.25, 0.3) is 0 Å². The van der Waals surface area contributed by atoms with Crippen LogP contribution in [-0.4, -0.2) is 49.2 Å². The molecule has 0 amide bonds. The van der Waals surface area contributed by atoms with E-state index in [1.54, 1.807) is 0 Å². The van der Waals surface area contributed by atoms with E-state index in [9.17, 15) is 28.2 Å². The van der Waals surface area contributed by atoms with Gasteiger partial charge < -0.3 is 24.7 Å². The first-order valence-corrected chi connectivity index (χ1v) is 10.3. The quantitative estimate of drug-likeness (QED) is 0.0462. The molecular formula is C17H27NNa2O8S. The van der Waals surface area contributed by atoms with E-state index in [2.05, 4.69) is 16.3 Å². The number of unbranched alkanes of at least 4 members (excludes halogenated alkanes) is 6. The third-order valence-corrected chi connectivity index (χ3v) is 4.73. The zero-order valence-corrected chi connectivity index (χ0v) is 22.1. The van der Waals surface area contributed by atoms with Gasteiger partial charge in [0.15, 0.2) is 5.25 Å². The molecule has 12 heteroatoms. The minimum atomic E-state index is -4.94. The van der Waals surface area contributed by atoms with Crippen LogP contribution in [-0.2, 0) is 24.4 Å². The molecule has 9 nitrogen and oxygen atoms in total. The molecule has 0 saturated carbocycles. The van der Waals surface area contributed by atoms with E-state index in [-0.39, 0.29) is 78.0 Å². The number of nitrogens with zero attached hydrogens (tertiary/aromatic N) is 1. The fourth-order valence-corrected chi connectivity index (χ4v) is 2.88. The Bertz CT molecular complexity index is 611. The van der Waals surface area contributed by atoms with Crippen molar-refractivity contribution in [2.24, 2.45) is 4.99 Å². The first-order valence-electron chi connectivity index (χ1n) is 8.82. The summed E-state index contributed by atoms with van der Waals surface area (Å²) in [6, 6.07) is 0. The molecule has 0 radical (unpaired) electrons. The molecule has 0 spiro atoms. The molecule has 0 fully saturated rings. The predicted octanol–water partition coefficient (Wildman–Crippen LogP) is -6.00. The number of ether oxygens (including phenoxy) is 1. The Morgan fingerprint density at radius 3 is 2.14 bits per heavy atom. The van der Waals surface area contributed by atoms with Crippen LogP contribution in [0.3, 0.4) is 0 Å². The van der Waals surface area contributed by atoms with Crippen molar-refractivity contribution in [1.82, 2.24) is 0 Å². The Morgan fingerprint density at radius 1 is 1.07 bits per heavy atom. The number of esters is 1. The smallest absolute Gasteiger partial charge is 0.862 e. The molecule has 0 rings (SSSR count). The van der Waals surface area contributed by atoms with Crippen LogP contribution in [0.4, 0.5) is 0 Å². The second-order valence-electron chi connectivity index (χ2n) is 5.97. The van der Waals surface area contributed by atoms with Crippen molar-refractivity contribution in [2.45, 2.75) is 63.0 Å². The van der Waals surface area contributed by atoms with Crippen molar-refractivity contribution in [3.8, 4) is 0 Å². The van der Waals surface area contributed by atoms with Crippen LogP contribution in [0.5, 0.6) is 0 Å². The van der Waals surface area contributed by atoms with Crippen molar-refractivity contribution in [2.75, 3.05) is 13.2 Å². The SMILES string of the molecule is C=CCCCCCCCCC([O-])=NCCOC(=O)C(CC(=O)[O-])S(=O)(=O)O.[Na+].[Na+]. The normalized spacial score (nSPS) is 12.2. The van der Waals surface area contributed by atoms with Gasteiger partial charge in [0, 0.05) is 12.4 Å². The standard InChI is InChI=1S/C17H29NO8S.2Na/c1-2-3-4-5-6-7-8-9-10-15(19)18-11-12-26-17(22)14(13-16(20)21)27(23,24)25;;/h2,14H,1,3-13H2,(H,18,19)(H,20,21)(H,23,24,25);;/q;2*+1/p-2. The number of carbonyl (C=O) groups excluding carboxylic acids is 2. The second kappa shape index (κ2) is 20.0. The number of carboxylic acid groups (broad SMARTS) is 1. The van der Waals surface area contributed by atoms with E-state index in [0.717, 1.165) is 38.5 Å². The van der Waals surface area contributed by atoms with E-state index in [1.807, 2.05) is 6.08 Å². The number of hydrogen-bond donors (Lipinski definition) is 1. The van der Waals surface area contributed by atoms with Gasteiger partial charge in [-0.2, -0.15) is 8.42 Å². The molecule has 1 unspecified atom stereocenters. The van der Waals surface area contributed by atoms with Gasteiger partial charge in [-0.25, -0.2) is 0 Å². The van der Waals surface area contributed by atoms with E-state index < -0.39 is 40.3 Å². The molecule has 0 aromatic carbocycles. The van der Waals surface area contributed by atoms with Gasteiger partial charge in [-0.05, 0) is 31.6 Å². The summed E-state index contributed by atoms with van der Waals surface area (Å²) >= 11 is 0. The summed E-state index contributed by atoms with van der Waals surface area (Å²) in [6.45, 7) is 3.09. The maximum Gasteiger partial charge on any atom is 1.00 e. The summed E-state index contributed by atoms with van der Waals surface area (Å²) in [6.07, 6.45) is 8.00. The second-order valence-corrected chi connectivity index (χ2v) is 7.57. The molecule has 0 aliphatic rings. The van der Waals surface area contributed by atoms with Crippen LogP contribution in [0.15, 0.2) is 17.6 Å². The van der Waals surface area contributed by atoms with E-state index in [4.69, 9.17) is 4.55 Å². The number of carbonyl (C=O) groups is 2. The molecule has 0 heterocycles. The Hall–Kier alpha value is 0.0600. The van der Waals surface area contributed by atoms with E-state index >= 15 is 0 Å². The van der Waals surface area contributed by atoms with Gasteiger partial charge in [0.05, 0.1) is 6.54 Å². The maximum absolute atomic E-state index is 11.6. The summed E-state index contributed by atoms with van der Waals surface area (Å²) in [5, 5.41) is 19.7. The molecule has 156 valence electrons. The molecule has 0 aliphatic heterocycles. The van der Waals surface area contributed by atoms with Gasteiger partial charge in [-0.1, -0.05) is 31.8 Å². The van der Waals surface area contributed by atoms with Crippen molar-refractivity contribution in [3.63, 3.8) is 0 Å². The average Bonchev–Trinajstić information content (AvgIpc) is 2.57. The minimum absolute atomic E-state index is 0. The molecule has 0 aliphatic carbocycles. The van der Waals surface area contributed by atoms with Crippen LogP contribution in [0.2, 0.25) is 0 Å². The van der Waals surface area contributed by atoms with Crippen LogP contribution < -0.4 is 69.3 Å². The van der Waals surface area contributed by atoms with Crippen molar-refractivity contribution >= 4 is 28.0 Å². The number of rotatable bonds is 16. The summed E-state index contributed by atoms with van der Waals surface area (Å²) in [5.41, 5.74) is 0. The summed E-state index contributed by atoms with van der Waals surface area (Å²) in [4.78, 5) is 25.6. The zero-order chi connectivity index (χ0) is 20.7. The van der Waals surface area contributed by atoms with Crippen molar-refractivity contribution in [3.05, 3.63) is 12.7 Å². The van der Waals surface area contributed by atoms with Gasteiger partial charge in [0.1, 0.15) is 6.61 Å². The number of aliphatic imine (C=N–C) groups is 1. The van der Waals surface area contributed by atoms with Gasteiger partial charge >= 0.3 is 65.1 Å². The summed E-state index contributed by atoms with van der Waals surface area (Å²) in [5.74, 6) is -3.60. The third-order valence-electron chi connectivity index (χ3n) is 3.65. The zero-order valence-electron chi connectivity index (χ0n) is 17.3. The van der Waals surface area contributed by atoms with Gasteiger partial charge in [-0.15, -0.1) is 6.58 Å². The van der Waals surface area contributed by atoms with Gasteiger partial charge in [-0.3, -0.25) is 9.35 Å². The number of hydrogen-bond acceptors (Lipinski definition) is 8. The Morgan fingerprint density at radius 2 is 1.62 bits per heavy atom. The van der Waals surface area contributed by atoms with Gasteiger partial charge in [0.25, 0.3) is 10.1 Å². The molecule has 1 atom stereocenters. The molecular weight excluding hydrogens is 424 g/mol. The first-order chi connectivity index (χ1) is 12.7. The molecule has 0 saturated heterocycles. The van der Waals surface area contributed by atoms with E-state index in [1.165, 1.54) is 0 Å². The van der Waals surface area contributed by atoms with Crippen molar-refractivity contribution in [1.29, 1.82) is 0 Å². The average molecular weight is 451 g/mol. The minimum Gasteiger partial charge on any atom is -0.862 e. The monoisotopic (exact) mass is 451 g/mol. The third kappa shape index (κ3) is 19.8. The first kappa shape index (κ1) is 33.7. The van der Waals surface area contributed by atoms with Crippen molar-refractivity contribution < 1.29 is 96.6 Å². The van der Waals surface area contributed by atoms with Gasteiger partial charge in [0.2, 0.25) is 0 Å². The molecule has 0 aromatic heterocycles. The van der Waals surface area contributed by atoms with E-state index in [0.29, 0.717) is 6.42 Å². The van der Waals surface area contributed by atoms with Crippen LogP contribution in [0, 0.1) is 0 Å². The summed E-state index contributed by atoms with van der Waals surface area (Å²) in [7, 11) is -4.94. The number of aliphatic carboxylic acids is 1. The Labute approximate surface area is 216 Å². The Balaban J connectivity index is -0.00000338. The number of allylic oxidation sites excluding steroid dienone is 1. The Kier molecular flexibility index (Phi) is 23.2. The van der Waals surface area contributed by atoms with Crippen LogP contribution in [0.1, 0.15) is 57.8 Å². The molecule has 0 bridgehead atoms. The summed E-state index contributed by atoms with van der Waals surface area (Å²) < 4.78 is 35.3. The van der Waals surface area contributed by atoms with Crippen LogP contribution >= 0.6 is 0 Å². The molecule has 29 heavy (non-hydrogen) atoms. The topological polar surface area (TPSA) is 156 Å². The largest absolute Gasteiger partial charge is 1.00 e. The maximum atomic E-state index is 11.6. The number of carboxylic acids is 1. The predicted molar refractivity (Wildman–Crippen MR) is 95.4 cm³/mol.